The van der Waals surface area contributed by atoms with Crippen molar-refractivity contribution >= 4 is 29.1 Å². The van der Waals surface area contributed by atoms with Gasteiger partial charge in [-0.3, -0.25) is 9.78 Å². The Hall–Kier alpha value is -1.62. The first-order valence-electron chi connectivity index (χ1n) is 6.34. The van der Waals surface area contributed by atoms with Crippen LogP contribution in [0.15, 0.2) is 42.7 Å². The molecule has 0 spiro atoms. The predicted octanol–water partition coefficient (Wildman–Crippen LogP) is 3.13. The number of nitrogens with one attached hydrogen (secondary N) is 1. The van der Waals surface area contributed by atoms with Crippen molar-refractivity contribution in [2.24, 2.45) is 0 Å². The smallest absolute Gasteiger partial charge is 0.223 e. The summed E-state index contributed by atoms with van der Waals surface area (Å²) in [5.41, 5.74) is 1.46. The van der Waals surface area contributed by atoms with Gasteiger partial charge in [0.05, 0.1) is 12.5 Å². The first kappa shape index (κ1) is 15.8. The lowest BCUT2D eigenvalue weighted by atomic mass is 10.1. The highest BCUT2D eigenvalue weighted by atomic mass is 35.5. The fourth-order valence-corrected chi connectivity index (χ4v) is 2.38. The molecule has 1 heterocycles. The molecule has 0 aliphatic carbocycles. The number of aromatic nitrogens is 1. The SMILES string of the molecule is O=C(CC(O)c1cc(Cl)cc(Cl)c1)NCc1ccncc1. The molecule has 1 amide bonds. The standard InChI is InChI=1S/C15H14Cl2N2O2/c16-12-5-11(6-13(17)7-12)14(20)8-15(21)19-9-10-1-3-18-4-2-10/h1-7,14,20H,8-9H2,(H,19,21). The van der Waals surface area contributed by atoms with E-state index in [1.807, 2.05) is 12.1 Å². The van der Waals surface area contributed by atoms with Gasteiger partial charge >= 0.3 is 0 Å². The van der Waals surface area contributed by atoms with Crippen LogP contribution in [0.1, 0.15) is 23.7 Å². The molecule has 0 bridgehead atoms. The molecule has 6 heteroatoms. The van der Waals surface area contributed by atoms with Gasteiger partial charge in [-0.1, -0.05) is 23.2 Å². The topological polar surface area (TPSA) is 62.2 Å². The maximum atomic E-state index is 11.8. The van der Waals surface area contributed by atoms with Crippen LogP contribution in [0.3, 0.4) is 0 Å². The number of nitrogens with zero attached hydrogens (tertiary/aromatic N) is 1. The van der Waals surface area contributed by atoms with Crippen molar-refractivity contribution in [3.05, 3.63) is 63.9 Å². The van der Waals surface area contributed by atoms with Crippen molar-refractivity contribution in [1.82, 2.24) is 10.3 Å². The number of pyridine rings is 1. The molecule has 0 radical (unpaired) electrons. The van der Waals surface area contributed by atoms with E-state index < -0.39 is 6.10 Å². The van der Waals surface area contributed by atoms with Crippen LogP contribution in [-0.4, -0.2) is 16.0 Å². The second-order valence-corrected chi connectivity index (χ2v) is 5.43. The number of amides is 1. The highest BCUT2D eigenvalue weighted by Gasteiger charge is 2.14. The number of aliphatic hydroxyl groups is 1. The maximum Gasteiger partial charge on any atom is 0.223 e. The minimum Gasteiger partial charge on any atom is -0.388 e. The summed E-state index contributed by atoms with van der Waals surface area (Å²) in [4.78, 5) is 15.7. The van der Waals surface area contributed by atoms with E-state index in [4.69, 9.17) is 23.2 Å². The van der Waals surface area contributed by atoms with Gasteiger partial charge in [0, 0.05) is 29.0 Å². The molecule has 2 N–H and O–H groups in total. The van der Waals surface area contributed by atoms with Gasteiger partial charge < -0.3 is 10.4 Å². The van der Waals surface area contributed by atoms with Crippen LogP contribution >= 0.6 is 23.2 Å². The summed E-state index contributed by atoms with van der Waals surface area (Å²) in [6.07, 6.45) is 2.31. The zero-order chi connectivity index (χ0) is 15.2. The Labute approximate surface area is 132 Å². The Morgan fingerprint density at radius 3 is 2.43 bits per heavy atom. The van der Waals surface area contributed by atoms with E-state index in [1.165, 1.54) is 0 Å². The molecule has 21 heavy (non-hydrogen) atoms. The van der Waals surface area contributed by atoms with Gasteiger partial charge in [-0.25, -0.2) is 0 Å². The average molecular weight is 325 g/mol. The van der Waals surface area contributed by atoms with E-state index in [0.717, 1.165) is 5.56 Å². The Kier molecular flexibility index (Phi) is 5.56. The van der Waals surface area contributed by atoms with Crippen molar-refractivity contribution in [2.45, 2.75) is 19.1 Å². The number of rotatable bonds is 5. The zero-order valence-electron chi connectivity index (χ0n) is 11.1. The van der Waals surface area contributed by atoms with Crippen LogP contribution in [0.5, 0.6) is 0 Å². The molecule has 4 nitrogen and oxygen atoms in total. The van der Waals surface area contributed by atoms with Crippen molar-refractivity contribution in [3.8, 4) is 0 Å². The molecule has 0 saturated heterocycles. The molecule has 0 saturated carbocycles. The predicted molar refractivity (Wildman–Crippen MR) is 82.1 cm³/mol. The monoisotopic (exact) mass is 324 g/mol. The van der Waals surface area contributed by atoms with Gasteiger partial charge in [0.25, 0.3) is 0 Å². The zero-order valence-corrected chi connectivity index (χ0v) is 12.6. The molecule has 2 rings (SSSR count). The minimum absolute atomic E-state index is 0.0538. The highest BCUT2D eigenvalue weighted by molar-refractivity contribution is 6.34. The first-order chi connectivity index (χ1) is 10.0. The third-order valence-electron chi connectivity index (χ3n) is 2.89. The number of hydrogen-bond acceptors (Lipinski definition) is 3. The van der Waals surface area contributed by atoms with Crippen molar-refractivity contribution in [3.63, 3.8) is 0 Å². The average Bonchev–Trinajstić information content (AvgIpc) is 2.45. The molecule has 0 fully saturated rings. The first-order valence-corrected chi connectivity index (χ1v) is 7.10. The van der Waals surface area contributed by atoms with E-state index in [1.54, 1.807) is 30.6 Å². The Balaban J connectivity index is 1.90. The maximum absolute atomic E-state index is 11.8. The largest absolute Gasteiger partial charge is 0.388 e. The number of carbonyl (C=O) groups excluding carboxylic acids is 1. The number of benzene rings is 1. The number of carbonyl (C=O) groups is 1. The Bertz CT molecular complexity index is 600. The normalized spacial score (nSPS) is 12.0. The molecule has 1 unspecified atom stereocenters. The summed E-state index contributed by atoms with van der Waals surface area (Å²) >= 11 is 11.7. The van der Waals surface area contributed by atoms with Crippen molar-refractivity contribution in [2.75, 3.05) is 0 Å². The lowest BCUT2D eigenvalue weighted by Crippen LogP contribution is -2.24. The molecule has 1 atom stereocenters. The van der Waals surface area contributed by atoms with Crippen molar-refractivity contribution < 1.29 is 9.90 Å². The molecular formula is C15H14Cl2N2O2. The Morgan fingerprint density at radius 2 is 1.81 bits per heavy atom. The lowest BCUT2D eigenvalue weighted by Gasteiger charge is -2.12. The molecule has 0 aliphatic rings. The second kappa shape index (κ2) is 7.41. The molecule has 0 aliphatic heterocycles. The van der Waals surface area contributed by atoms with Crippen molar-refractivity contribution in [1.29, 1.82) is 0 Å². The van der Waals surface area contributed by atoms with Gasteiger partial charge in [0.1, 0.15) is 0 Å². The Morgan fingerprint density at radius 1 is 1.19 bits per heavy atom. The summed E-state index contributed by atoms with van der Waals surface area (Å²) in [5, 5.41) is 13.6. The quantitative estimate of drug-likeness (QED) is 0.888. The summed E-state index contributed by atoms with van der Waals surface area (Å²) in [6.45, 7) is 0.393. The fraction of sp³-hybridized carbons (Fsp3) is 0.200. The van der Waals surface area contributed by atoms with E-state index in [2.05, 4.69) is 10.3 Å². The third-order valence-corrected chi connectivity index (χ3v) is 3.32. The molecule has 110 valence electrons. The van der Waals surface area contributed by atoms with Gasteiger partial charge in [-0.05, 0) is 41.5 Å². The minimum atomic E-state index is -0.946. The summed E-state index contributed by atoms with van der Waals surface area (Å²) in [7, 11) is 0. The van der Waals surface area contributed by atoms with E-state index >= 15 is 0 Å². The highest BCUT2D eigenvalue weighted by Crippen LogP contribution is 2.25. The molecular weight excluding hydrogens is 311 g/mol. The van der Waals surface area contributed by atoms with E-state index in [0.29, 0.717) is 22.2 Å². The third kappa shape index (κ3) is 5.01. The summed E-state index contributed by atoms with van der Waals surface area (Å²) in [5.74, 6) is -0.254. The van der Waals surface area contributed by atoms with Gasteiger partial charge in [-0.2, -0.15) is 0 Å². The lowest BCUT2D eigenvalue weighted by molar-refractivity contribution is -0.123. The summed E-state index contributed by atoms with van der Waals surface area (Å²) in [6, 6.07) is 8.38. The number of halogens is 2. The number of hydrogen-bond donors (Lipinski definition) is 2. The number of aliphatic hydroxyl groups excluding tert-OH is 1. The van der Waals surface area contributed by atoms with Gasteiger partial charge in [0.15, 0.2) is 0 Å². The van der Waals surface area contributed by atoms with E-state index in [9.17, 15) is 9.90 Å². The van der Waals surface area contributed by atoms with E-state index in [-0.39, 0.29) is 12.3 Å². The van der Waals surface area contributed by atoms with Crippen LogP contribution in [0, 0.1) is 0 Å². The van der Waals surface area contributed by atoms with Crippen LogP contribution < -0.4 is 5.32 Å². The van der Waals surface area contributed by atoms with Gasteiger partial charge in [0.2, 0.25) is 5.91 Å². The second-order valence-electron chi connectivity index (χ2n) is 4.55. The summed E-state index contributed by atoms with van der Waals surface area (Å²) < 4.78 is 0. The molecule has 1 aromatic carbocycles. The molecule has 2 aromatic rings. The van der Waals surface area contributed by atoms with Crippen LogP contribution in [0.25, 0.3) is 0 Å². The van der Waals surface area contributed by atoms with Crippen LogP contribution in [0.2, 0.25) is 10.0 Å². The molecule has 1 aromatic heterocycles. The fourth-order valence-electron chi connectivity index (χ4n) is 1.83. The van der Waals surface area contributed by atoms with Crippen LogP contribution in [-0.2, 0) is 11.3 Å². The van der Waals surface area contributed by atoms with Crippen LogP contribution in [0.4, 0.5) is 0 Å². The van der Waals surface area contributed by atoms with Gasteiger partial charge in [-0.15, -0.1) is 0 Å².